The molecule has 0 aromatic rings. The van der Waals surface area contributed by atoms with Gasteiger partial charge >= 0.3 is 12.0 Å². The van der Waals surface area contributed by atoms with Gasteiger partial charge in [0.25, 0.3) is 0 Å². The predicted octanol–water partition coefficient (Wildman–Crippen LogP) is 1.10. The van der Waals surface area contributed by atoms with Crippen molar-refractivity contribution < 1.29 is 14.7 Å². The zero-order valence-electron chi connectivity index (χ0n) is 10.4. The minimum absolute atomic E-state index is 0.0470. The molecule has 0 bridgehead atoms. The van der Waals surface area contributed by atoms with E-state index in [2.05, 4.69) is 0 Å². The van der Waals surface area contributed by atoms with Gasteiger partial charge in [-0.25, -0.2) is 4.79 Å². The first-order chi connectivity index (χ1) is 7.99. The molecule has 1 saturated heterocycles. The molecule has 1 atom stereocenters. The van der Waals surface area contributed by atoms with Crippen LogP contribution in [0, 0.1) is 17.8 Å². The van der Waals surface area contributed by atoms with E-state index in [1.807, 2.05) is 7.05 Å². The van der Waals surface area contributed by atoms with Gasteiger partial charge < -0.3 is 14.9 Å². The van der Waals surface area contributed by atoms with Crippen molar-refractivity contribution in [3.8, 4) is 0 Å². The third-order valence-electron chi connectivity index (χ3n) is 3.83. The summed E-state index contributed by atoms with van der Waals surface area (Å²) in [4.78, 5) is 26.2. The number of rotatable bonds is 4. The fraction of sp³-hybridized carbons (Fsp3) is 0.833. The summed E-state index contributed by atoms with van der Waals surface area (Å²) in [5, 5.41) is 8.86. The Bertz CT molecular complexity index is 322. The molecule has 1 heterocycles. The summed E-state index contributed by atoms with van der Waals surface area (Å²) in [6.07, 6.45) is 2.46. The number of aliphatic carboxylic acids is 1. The van der Waals surface area contributed by atoms with Gasteiger partial charge in [-0.15, -0.1) is 0 Å². The van der Waals surface area contributed by atoms with Crippen LogP contribution in [-0.4, -0.2) is 53.6 Å². The number of amides is 2. The first-order valence-corrected chi connectivity index (χ1v) is 6.22. The smallest absolute Gasteiger partial charge is 0.319 e. The summed E-state index contributed by atoms with van der Waals surface area (Å²) in [5.41, 5.74) is 0. The van der Waals surface area contributed by atoms with E-state index < -0.39 is 5.97 Å². The average molecular weight is 240 g/mol. The van der Waals surface area contributed by atoms with Gasteiger partial charge in [-0.05, 0) is 18.8 Å². The van der Waals surface area contributed by atoms with E-state index in [0.29, 0.717) is 19.0 Å². The van der Waals surface area contributed by atoms with Gasteiger partial charge in [-0.3, -0.25) is 4.79 Å². The maximum Gasteiger partial charge on any atom is 0.319 e. The van der Waals surface area contributed by atoms with Crippen molar-refractivity contribution >= 4 is 12.0 Å². The van der Waals surface area contributed by atoms with Gasteiger partial charge in [0.2, 0.25) is 0 Å². The number of hydrogen-bond acceptors (Lipinski definition) is 2. The van der Waals surface area contributed by atoms with Gasteiger partial charge in [0.1, 0.15) is 0 Å². The summed E-state index contributed by atoms with van der Waals surface area (Å²) >= 11 is 0. The molecule has 1 aliphatic carbocycles. The van der Waals surface area contributed by atoms with Crippen molar-refractivity contribution in [3.63, 3.8) is 0 Å². The van der Waals surface area contributed by atoms with Crippen LogP contribution in [0.2, 0.25) is 0 Å². The number of carbonyl (C=O) groups excluding carboxylic acids is 1. The summed E-state index contributed by atoms with van der Waals surface area (Å²) in [6, 6.07) is 0.0470. The lowest BCUT2D eigenvalue weighted by atomic mass is 9.87. The molecule has 2 amide bonds. The van der Waals surface area contributed by atoms with E-state index in [9.17, 15) is 9.59 Å². The normalized spacial score (nSPS) is 21.9. The van der Waals surface area contributed by atoms with Gasteiger partial charge in [-0.2, -0.15) is 0 Å². The molecule has 0 aromatic carbocycles. The van der Waals surface area contributed by atoms with E-state index in [1.165, 1.54) is 12.8 Å². The van der Waals surface area contributed by atoms with Crippen LogP contribution in [0.3, 0.4) is 0 Å². The van der Waals surface area contributed by atoms with Crippen molar-refractivity contribution in [2.24, 2.45) is 17.8 Å². The molecule has 2 aliphatic rings. The average Bonchev–Trinajstić information content (AvgIpc) is 2.98. The molecule has 0 radical (unpaired) electrons. The van der Waals surface area contributed by atoms with E-state index in [-0.39, 0.29) is 17.9 Å². The summed E-state index contributed by atoms with van der Waals surface area (Å²) in [5.74, 6) is -0.314. The Morgan fingerprint density at radius 3 is 2.47 bits per heavy atom. The molecule has 2 fully saturated rings. The third kappa shape index (κ3) is 2.70. The van der Waals surface area contributed by atoms with Crippen molar-refractivity contribution in [2.45, 2.75) is 19.8 Å². The molecule has 17 heavy (non-hydrogen) atoms. The fourth-order valence-electron chi connectivity index (χ4n) is 2.19. The number of likely N-dealkylation sites (tertiary alicyclic amines) is 1. The summed E-state index contributed by atoms with van der Waals surface area (Å²) in [6.45, 7) is 3.72. The Morgan fingerprint density at radius 1 is 1.41 bits per heavy atom. The molecule has 1 aliphatic heterocycles. The van der Waals surface area contributed by atoms with Crippen molar-refractivity contribution in [1.29, 1.82) is 0 Å². The molecular formula is C12H20N2O3. The maximum absolute atomic E-state index is 11.9. The topological polar surface area (TPSA) is 60.9 Å². The minimum atomic E-state index is -0.770. The molecular weight excluding hydrogens is 220 g/mol. The molecule has 96 valence electrons. The van der Waals surface area contributed by atoms with Crippen molar-refractivity contribution in [3.05, 3.63) is 0 Å². The summed E-state index contributed by atoms with van der Waals surface area (Å²) in [7, 11) is 1.83. The Balaban J connectivity index is 1.74. The van der Waals surface area contributed by atoms with Crippen LogP contribution in [0.15, 0.2) is 0 Å². The fourth-order valence-corrected chi connectivity index (χ4v) is 2.19. The van der Waals surface area contributed by atoms with Crippen molar-refractivity contribution in [2.75, 3.05) is 26.7 Å². The second kappa shape index (κ2) is 4.55. The van der Waals surface area contributed by atoms with Gasteiger partial charge in [0.15, 0.2) is 0 Å². The first-order valence-electron chi connectivity index (χ1n) is 6.22. The van der Waals surface area contributed by atoms with E-state index in [1.54, 1.807) is 16.7 Å². The number of nitrogens with zero attached hydrogens (tertiary/aromatic N) is 2. The Labute approximate surface area is 101 Å². The van der Waals surface area contributed by atoms with Crippen LogP contribution in [0.5, 0.6) is 0 Å². The number of carbonyl (C=O) groups is 2. The van der Waals surface area contributed by atoms with E-state index in [4.69, 9.17) is 5.11 Å². The van der Waals surface area contributed by atoms with Gasteiger partial charge in [-0.1, -0.05) is 6.92 Å². The van der Waals surface area contributed by atoms with Crippen LogP contribution in [-0.2, 0) is 4.79 Å². The van der Waals surface area contributed by atoms with Crippen molar-refractivity contribution in [1.82, 2.24) is 9.80 Å². The number of urea groups is 1. The Morgan fingerprint density at radius 2 is 2.00 bits per heavy atom. The lowest BCUT2D eigenvalue weighted by Crippen LogP contribution is -2.56. The molecule has 1 saturated carbocycles. The molecule has 1 N–H and O–H groups in total. The zero-order chi connectivity index (χ0) is 12.6. The van der Waals surface area contributed by atoms with E-state index in [0.717, 1.165) is 6.54 Å². The minimum Gasteiger partial charge on any atom is -0.481 e. The maximum atomic E-state index is 11.9. The monoisotopic (exact) mass is 240 g/mol. The third-order valence-corrected chi connectivity index (χ3v) is 3.83. The lowest BCUT2D eigenvalue weighted by Gasteiger charge is -2.42. The zero-order valence-corrected chi connectivity index (χ0v) is 10.4. The van der Waals surface area contributed by atoms with Crippen LogP contribution in [0.4, 0.5) is 4.79 Å². The highest BCUT2D eigenvalue weighted by atomic mass is 16.4. The number of hydrogen-bond donors (Lipinski definition) is 1. The predicted molar refractivity (Wildman–Crippen MR) is 62.6 cm³/mol. The number of carboxylic acid groups (broad SMARTS) is 1. The first kappa shape index (κ1) is 12.2. The second-order valence-corrected chi connectivity index (χ2v) is 5.40. The summed E-state index contributed by atoms with van der Waals surface area (Å²) < 4.78 is 0. The highest BCUT2D eigenvalue weighted by molar-refractivity contribution is 5.76. The SMILES string of the molecule is CC(C(=O)O)C1CN(C(=O)N(C)CC2CC2)C1. The van der Waals surface area contributed by atoms with Crippen LogP contribution < -0.4 is 0 Å². The molecule has 1 unspecified atom stereocenters. The van der Waals surface area contributed by atoms with Gasteiger partial charge in [0.05, 0.1) is 5.92 Å². The molecule has 0 spiro atoms. The Kier molecular flexibility index (Phi) is 3.26. The molecule has 2 rings (SSSR count). The molecule has 0 aromatic heterocycles. The lowest BCUT2D eigenvalue weighted by molar-refractivity contribution is -0.144. The second-order valence-electron chi connectivity index (χ2n) is 5.40. The highest BCUT2D eigenvalue weighted by Gasteiger charge is 2.38. The Hall–Kier alpha value is -1.26. The quantitative estimate of drug-likeness (QED) is 0.800. The van der Waals surface area contributed by atoms with Crippen LogP contribution in [0.25, 0.3) is 0 Å². The molecule has 5 heteroatoms. The highest BCUT2D eigenvalue weighted by Crippen LogP contribution is 2.30. The van der Waals surface area contributed by atoms with Crippen LogP contribution >= 0.6 is 0 Å². The standard InChI is InChI=1S/C12H20N2O3/c1-8(11(15)16)10-6-14(7-10)12(17)13(2)5-9-3-4-9/h8-10H,3-7H2,1-2H3,(H,15,16). The van der Waals surface area contributed by atoms with Crippen LogP contribution in [0.1, 0.15) is 19.8 Å². The largest absolute Gasteiger partial charge is 0.481 e. The van der Waals surface area contributed by atoms with Gasteiger partial charge in [0, 0.05) is 32.6 Å². The number of carboxylic acids is 1. The van der Waals surface area contributed by atoms with E-state index >= 15 is 0 Å². The molecule has 5 nitrogen and oxygen atoms in total.